The molecule has 2 aromatic rings. The van der Waals surface area contributed by atoms with Crippen molar-refractivity contribution in [1.29, 1.82) is 0 Å². The van der Waals surface area contributed by atoms with Crippen molar-refractivity contribution in [3.63, 3.8) is 0 Å². The van der Waals surface area contributed by atoms with Crippen LogP contribution in [-0.2, 0) is 0 Å². The summed E-state index contributed by atoms with van der Waals surface area (Å²) in [6, 6.07) is 9.12. The van der Waals surface area contributed by atoms with E-state index in [0.717, 1.165) is 5.56 Å². The van der Waals surface area contributed by atoms with Crippen molar-refractivity contribution in [3.05, 3.63) is 56.3 Å². The second-order valence-electron chi connectivity index (χ2n) is 3.15. The Morgan fingerprint density at radius 1 is 1.00 bits per heavy atom. The first-order valence-electron chi connectivity index (χ1n) is 4.57. The Balaban J connectivity index is 2.64. The van der Waals surface area contributed by atoms with Crippen LogP contribution in [0.15, 0.2) is 39.9 Å². The van der Waals surface area contributed by atoms with Gasteiger partial charge in [-0.2, -0.15) is 0 Å². The fraction of sp³-hybridized carbons (Fsp3) is 0.0769. The van der Waals surface area contributed by atoms with Gasteiger partial charge in [-0.3, -0.25) is 9.59 Å². The van der Waals surface area contributed by atoms with Crippen molar-refractivity contribution in [3.8, 4) is 23.0 Å². The molecule has 2 rings (SSSR count). The van der Waals surface area contributed by atoms with Crippen LogP contribution in [0.5, 0.6) is 0 Å². The van der Waals surface area contributed by atoms with E-state index in [-0.39, 0.29) is 0 Å². The summed E-state index contributed by atoms with van der Waals surface area (Å²) in [5.41, 5.74) is 0.658. The van der Waals surface area contributed by atoms with Crippen molar-refractivity contribution >= 4 is 0 Å². The van der Waals surface area contributed by atoms with Crippen molar-refractivity contribution in [1.82, 2.24) is 0 Å². The molecule has 2 nitrogen and oxygen atoms in total. The number of benzene rings is 1. The summed E-state index contributed by atoms with van der Waals surface area (Å²) in [4.78, 5) is 22.6. The van der Waals surface area contributed by atoms with Crippen LogP contribution in [0.2, 0.25) is 0 Å². The molecule has 72 valence electrons. The maximum Gasteiger partial charge on any atom is 0.242 e. The normalized spacial score (nSPS) is 9.67. The molecule has 0 saturated carbocycles. The predicted molar refractivity (Wildman–Crippen MR) is 59.3 cm³/mol. The minimum absolute atomic E-state index is 0.341. The molecule has 0 bridgehead atoms. The molecule has 0 unspecified atom stereocenters. The summed E-state index contributed by atoms with van der Waals surface area (Å²) in [5.74, 6) is 5.31. The molecule has 2 heteroatoms. The molecule has 0 saturated heterocycles. The van der Waals surface area contributed by atoms with E-state index in [9.17, 15) is 9.59 Å². The molecule has 0 aromatic heterocycles. The molecule has 0 heterocycles. The molecule has 0 spiro atoms. The first kappa shape index (κ1) is 9.42. The van der Waals surface area contributed by atoms with Crippen LogP contribution in [-0.4, -0.2) is 0 Å². The molecule has 15 heavy (non-hydrogen) atoms. The zero-order valence-electron chi connectivity index (χ0n) is 8.20. The van der Waals surface area contributed by atoms with Gasteiger partial charge in [0, 0.05) is 0 Å². The summed E-state index contributed by atoms with van der Waals surface area (Å²) in [7, 11) is 0. The van der Waals surface area contributed by atoms with Gasteiger partial charge in [0.1, 0.15) is 0 Å². The van der Waals surface area contributed by atoms with Crippen LogP contribution in [0.1, 0.15) is 12.5 Å². The Morgan fingerprint density at radius 2 is 1.67 bits per heavy atom. The van der Waals surface area contributed by atoms with Gasteiger partial charge in [0.25, 0.3) is 0 Å². The maximum atomic E-state index is 11.4. The highest BCUT2D eigenvalue weighted by molar-refractivity contribution is 5.74. The number of hydrogen-bond donors (Lipinski definition) is 0. The molecule has 0 radical (unpaired) electrons. The van der Waals surface area contributed by atoms with Gasteiger partial charge < -0.3 is 0 Å². The fourth-order valence-electron chi connectivity index (χ4n) is 1.52. The summed E-state index contributed by atoms with van der Waals surface area (Å²) >= 11 is 0. The Hall–Kier alpha value is -2.14. The van der Waals surface area contributed by atoms with Gasteiger partial charge in [-0.05, 0) is 12.5 Å². The third-order valence-electron chi connectivity index (χ3n) is 2.22. The van der Waals surface area contributed by atoms with Crippen LogP contribution in [0.4, 0.5) is 0 Å². The predicted octanol–water partition coefficient (Wildman–Crippen LogP) is 1.32. The second-order valence-corrected chi connectivity index (χ2v) is 3.15. The topological polar surface area (TPSA) is 34.1 Å². The summed E-state index contributed by atoms with van der Waals surface area (Å²) in [5, 5.41) is 0. The second kappa shape index (κ2) is 3.55. The summed E-state index contributed by atoms with van der Waals surface area (Å²) < 4.78 is 0. The van der Waals surface area contributed by atoms with Crippen molar-refractivity contribution in [2.24, 2.45) is 0 Å². The first-order valence-corrected chi connectivity index (χ1v) is 4.57. The number of hydrogen-bond acceptors (Lipinski definition) is 2. The highest BCUT2D eigenvalue weighted by atomic mass is 16.2. The van der Waals surface area contributed by atoms with E-state index in [4.69, 9.17) is 0 Å². The van der Waals surface area contributed by atoms with Crippen molar-refractivity contribution in [2.45, 2.75) is 6.92 Å². The largest absolute Gasteiger partial charge is 0.285 e. The van der Waals surface area contributed by atoms with Crippen LogP contribution in [0.25, 0.3) is 11.1 Å². The fourth-order valence-corrected chi connectivity index (χ4v) is 1.52. The molecule has 0 aliphatic carbocycles. The smallest absolute Gasteiger partial charge is 0.242 e. The summed E-state index contributed by atoms with van der Waals surface area (Å²) in [6.45, 7) is 1.64. The first-order chi connectivity index (χ1) is 7.25. The molecular formula is C13H8O2. The van der Waals surface area contributed by atoms with E-state index in [1.165, 1.54) is 0 Å². The minimum atomic E-state index is -0.469. The van der Waals surface area contributed by atoms with E-state index in [1.807, 2.05) is 18.2 Å². The lowest BCUT2D eigenvalue weighted by Gasteiger charge is -2.05. The van der Waals surface area contributed by atoms with Gasteiger partial charge in [0.05, 0.1) is 11.1 Å². The minimum Gasteiger partial charge on any atom is -0.285 e. The SMILES string of the molecule is CC#Cc1c(-c2ccccc2)c(=O)c1=O. The van der Waals surface area contributed by atoms with Crippen LogP contribution >= 0.6 is 0 Å². The van der Waals surface area contributed by atoms with E-state index in [0.29, 0.717) is 11.1 Å². The molecule has 0 N–H and O–H groups in total. The Kier molecular flexibility index (Phi) is 2.23. The zero-order valence-corrected chi connectivity index (χ0v) is 8.20. The maximum absolute atomic E-state index is 11.4. The van der Waals surface area contributed by atoms with Gasteiger partial charge in [0.2, 0.25) is 10.9 Å². The Labute approximate surface area is 86.9 Å². The van der Waals surface area contributed by atoms with E-state index in [2.05, 4.69) is 11.8 Å². The lowest BCUT2D eigenvalue weighted by atomic mass is 9.94. The molecule has 0 atom stereocenters. The highest BCUT2D eigenvalue weighted by Gasteiger charge is 2.19. The van der Waals surface area contributed by atoms with Gasteiger partial charge in [-0.25, -0.2) is 0 Å². The third-order valence-corrected chi connectivity index (χ3v) is 2.22. The van der Waals surface area contributed by atoms with Gasteiger partial charge in [0.15, 0.2) is 0 Å². The Morgan fingerprint density at radius 3 is 2.27 bits per heavy atom. The van der Waals surface area contributed by atoms with Crippen LogP contribution in [0.3, 0.4) is 0 Å². The van der Waals surface area contributed by atoms with Crippen LogP contribution < -0.4 is 10.9 Å². The van der Waals surface area contributed by atoms with Gasteiger partial charge >= 0.3 is 0 Å². The van der Waals surface area contributed by atoms with E-state index < -0.39 is 10.9 Å². The summed E-state index contributed by atoms with van der Waals surface area (Å²) in [6.07, 6.45) is 0. The highest BCUT2D eigenvalue weighted by Crippen LogP contribution is 2.17. The van der Waals surface area contributed by atoms with E-state index in [1.54, 1.807) is 19.1 Å². The average molecular weight is 196 g/mol. The Bertz CT molecular complexity index is 618. The molecule has 0 amide bonds. The van der Waals surface area contributed by atoms with Crippen molar-refractivity contribution in [2.75, 3.05) is 0 Å². The molecule has 0 aliphatic rings. The lowest BCUT2D eigenvalue weighted by Crippen LogP contribution is -2.36. The lowest BCUT2D eigenvalue weighted by molar-refractivity contribution is 1.37. The van der Waals surface area contributed by atoms with Crippen LogP contribution in [0, 0.1) is 11.8 Å². The number of rotatable bonds is 1. The molecule has 0 fully saturated rings. The zero-order chi connectivity index (χ0) is 10.8. The van der Waals surface area contributed by atoms with Gasteiger partial charge in [-0.1, -0.05) is 36.3 Å². The standard InChI is InChI=1S/C13H8O2/c1-2-6-10-11(13(15)12(10)14)9-7-4-3-5-8-9/h3-5,7-8H,1H3. The molecule has 2 aromatic carbocycles. The van der Waals surface area contributed by atoms with Gasteiger partial charge in [-0.15, -0.1) is 5.92 Å². The monoisotopic (exact) mass is 196 g/mol. The quantitative estimate of drug-likeness (QED) is 0.509. The van der Waals surface area contributed by atoms with Crippen molar-refractivity contribution < 1.29 is 0 Å². The molecular weight excluding hydrogens is 188 g/mol. The third kappa shape index (κ3) is 1.38. The molecule has 0 aliphatic heterocycles. The average Bonchev–Trinajstić information content (AvgIpc) is 2.29. The van der Waals surface area contributed by atoms with E-state index >= 15 is 0 Å².